The maximum atomic E-state index is 14.0. The topological polar surface area (TPSA) is 98.8 Å². The van der Waals surface area contributed by atoms with E-state index < -0.39 is 32.5 Å². The van der Waals surface area contributed by atoms with Gasteiger partial charge in [-0.3, -0.25) is 9.69 Å². The lowest BCUT2D eigenvalue weighted by Gasteiger charge is -2.30. The Balaban J connectivity index is 1.35. The van der Waals surface area contributed by atoms with Crippen LogP contribution in [-0.2, 0) is 14.8 Å². The van der Waals surface area contributed by atoms with Crippen LogP contribution in [0, 0.1) is 17.6 Å². The van der Waals surface area contributed by atoms with Crippen LogP contribution in [-0.4, -0.2) is 50.8 Å². The molecule has 4 rings (SSSR count). The fraction of sp³-hybridized carbons (Fsp3) is 0.333. The van der Waals surface area contributed by atoms with Gasteiger partial charge in [0, 0.05) is 43.5 Å². The minimum absolute atomic E-state index is 0.0272. The molecule has 2 fully saturated rings. The Morgan fingerprint density at radius 2 is 1.72 bits per heavy atom. The van der Waals surface area contributed by atoms with Crippen molar-refractivity contribution in [3.05, 3.63) is 54.1 Å². The molecule has 2 aliphatic rings. The molecule has 0 unspecified atom stereocenters. The third kappa shape index (κ3) is 4.44. The van der Waals surface area contributed by atoms with Crippen molar-refractivity contribution in [1.29, 1.82) is 0 Å². The van der Waals surface area contributed by atoms with Crippen LogP contribution >= 0.6 is 0 Å². The van der Waals surface area contributed by atoms with Gasteiger partial charge in [0.25, 0.3) is 0 Å². The molecule has 3 amide bonds. The van der Waals surface area contributed by atoms with E-state index >= 15 is 0 Å². The zero-order valence-electron chi connectivity index (χ0n) is 17.1. The number of nitrogens with zero attached hydrogens (tertiary/aromatic N) is 2. The van der Waals surface area contributed by atoms with E-state index in [4.69, 9.17) is 0 Å². The number of urea groups is 1. The molecule has 0 atom stereocenters. The summed E-state index contributed by atoms with van der Waals surface area (Å²) in [5.74, 6) is -2.51. The van der Waals surface area contributed by atoms with Gasteiger partial charge in [-0.1, -0.05) is 0 Å². The number of rotatable bonds is 5. The lowest BCUT2D eigenvalue weighted by molar-refractivity contribution is -0.120. The van der Waals surface area contributed by atoms with Crippen molar-refractivity contribution in [2.24, 2.45) is 5.92 Å². The van der Waals surface area contributed by atoms with Gasteiger partial charge in [0.2, 0.25) is 15.9 Å². The smallest absolute Gasteiger partial charge is 0.321 e. The molecule has 0 radical (unpaired) electrons. The summed E-state index contributed by atoms with van der Waals surface area (Å²) in [6.07, 6.45) is 0.516. The minimum atomic E-state index is -4.19. The van der Waals surface area contributed by atoms with Crippen LogP contribution < -0.4 is 15.5 Å². The molecule has 2 saturated heterocycles. The number of sulfonamides is 1. The molecule has 0 aliphatic carbocycles. The van der Waals surface area contributed by atoms with Crippen molar-refractivity contribution in [3.8, 4) is 0 Å². The average Bonchev–Trinajstić information content (AvgIpc) is 3.21. The summed E-state index contributed by atoms with van der Waals surface area (Å²) < 4.78 is 53.8. The second-order valence-electron chi connectivity index (χ2n) is 7.67. The first kappa shape index (κ1) is 22.2. The number of carbonyl (C=O) groups excluding carboxylic acids is 2. The van der Waals surface area contributed by atoms with Gasteiger partial charge in [0.1, 0.15) is 16.5 Å². The molecule has 0 spiro atoms. The summed E-state index contributed by atoms with van der Waals surface area (Å²) >= 11 is 0. The lowest BCUT2D eigenvalue weighted by atomic mass is 9.97. The number of piperidine rings is 1. The Kier molecular flexibility index (Phi) is 6.11. The number of halogens is 2. The van der Waals surface area contributed by atoms with Gasteiger partial charge in [-0.05, 0) is 55.3 Å². The van der Waals surface area contributed by atoms with Gasteiger partial charge in [-0.25, -0.2) is 22.0 Å². The van der Waals surface area contributed by atoms with E-state index in [1.54, 1.807) is 29.2 Å². The largest absolute Gasteiger partial charge is 0.336 e. The third-order valence-corrected chi connectivity index (χ3v) is 7.55. The minimum Gasteiger partial charge on any atom is -0.336 e. The number of nitrogens with one attached hydrogen (secondary N) is 2. The molecule has 2 aromatic rings. The maximum absolute atomic E-state index is 14.0. The van der Waals surface area contributed by atoms with Crippen LogP contribution in [0.3, 0.4) is 0 Å². The van der Waals surface area contributed by atoms with Crippen LogP contribution in [0.4, 0.5) is 25.0 Å². The molecule has 2 aromatic carbocycles. The zero-order chi connectivity index (χ0) is 22.9. The Hall–Kier alpha value is -3.05. The van der Waals surface area contributed by atoms with Gasteiger partial charge in [-0.2, -0.15) is 4.31 Å². The number of hydrogen-bond donors (Lipinski definition) is 2. The number of hydrogen-bond acceptors (Lipinski definition) is 4. The molecule has 32 heavy (non-hydrogen) atoms. The number of amides is 3. The predicted molar refractivity (Wildman–Crippen MR) is 114 cm³/mol. The Morgan fingerprint density at radius 1 is 1.03 bits per heavy atom. The number of carbonyl (C=O) groups is 2. The molecule has 2 N–H and O–H groups in total. The van der Waals surface area contributed by atoms with Gasteiger partial charge >= 0.3 is 6.03 Å². The average molecular weight is 464 g/mol. The fourth-order valence-electron chi connectivity index (χ4n) is 3.86. The SMILES string of the molecule is O=C(Nc1ccc(N2CCNC2=O)cc1)C1CCN(S(=O)(=O)c2cc(F)ccc2F)CC1. The van der Waals surface area contributed by atoms with Crippen molar-refractivity contribution in [2.45, 2.75) is 17.7 Å². The summed E-state index contributed by atoms with van der Waals surface area (Å²) in [4.78, 5) is 25.2. The first-order chi connectivity index (χ1) is 15.3. The van der Waals surface area contributed by atoms with Crippen molar-refractivity contribution >= 4 is 33.3 Å². The van der Waals surface area contributed by atoms with Crippen LogP contribution in [0.1, 0.15) is 12.8 Å². The Bertz CT molecular complexity index is 1130. The fourth-order valence-corrected chi connectivity index (χ4v) is 5.40. The molecule has 0 saturated carbocycles. The zero-order valence-corrected chi connectivity index (χ0v) is 17.9. The number of anilines is 2. The third-order valence-electron chi connectivity index (χ3n) is 5.64. The highest BCUT2D eigenvalue weighted by Crippen LogP contribution is 2.27. The van der Waals surface area contributed by atoms with Crippen molar-refractivity contribution in [1.82, 2.24) is 9.62 Å². The lowest BCUT2D eigenvalue weighted by Crippen LogP contribution is -2.41. The van der Waals surface area contributed by atoms with E-state index in [0.29, 0.717) is 24.8 Å². The normalized spacial score (nSPS) is 17.9. The first-order valence-electron chi connectivity index (χ1n) is 10.2. The van der Waals surface area contributed by atoms with E-state index in [1.807, 2.05) is 0 Å². The first-order valence-corrected chi connectivity index (χ1v) is 11.6. The van der Waals surface area contributed by atoms with Gasteiger partial charge < -0.3 is 10.6 Å². The predicted octanol–water partition coefficient (Wildman–Crippen LogP) is 2.53. The van der Waals surface area contributed by atoms with E-state index in [-0.39, 0.29) is 37.9 Å². The van der Waals surface area contributed by atoms with Crippen molar-refractivity contribution < 1.29 is 26.8 Å². The maximum Gasteiger partial charge on any atom is 0.321 e. The van der Waals surface area contributed by atoms with E-state index in [2.05, 4.69) is 10.6 Å². The summed E-state index contributed by atoms with van der Waals surface area (Å²) in [6, 6.07) is 9.02. The van der Waals surface area contributed by atoms with Crippen LogP contribution in [0.15, 0.2) is 47.4 Å². The van der Waals surface area contributed by atoms with Crippen molar-refractivity contribution in [3.63, 3.8) is 0 Å². The van der Waals surface area contributed by atoms with E-state index in [1.165, 1.54) is 0 Å². The molecule has 0 aromatic heterocycles. The van der Waals surface area contributed by atoms with E-state index in [0.717, 1.165) is 22.1 Å². The molecule has 11 heteroatoms. The summed E-state index contributed by atoms with van der Waals surface area (Å²) in [5, 5.41) is 5.53. The highest BCUT2D eigenvalue weighted by atomic mass is 32.2. The van der Waals surface area contributed by atoms with E-state index in [9.17, 15) is 26.8 Å². The van der Waals surface area contributed by atoms with Gasteiger partial charge in [0.15, 0.2) is 0 Å². The molecule has 2 aliphatic heterocycles. The quantitative estimate of drug-likeness (QED) is 0.711. The highest BCUT2D eigenvalue weighted by Gasteiger charge is 2.34. The van der Waals surface area contributed by atoms with Crippen LogP contribution in [0.5, 0.6) is 0 Å². The summed E-state index contributed by atoms with van der Waals surface area (Å²) in [5.41, 5.74) is 1.29. The summed E-state index contributed by atoms with van der Waals surface area (Å²) in [7, 11) is -4.19. The second kappa shape index (κ2) is 8.83. The van der Waals surface area contributed by atoms with Crippen LogP contribution in [0.2, 0.25) is 0 Å². The molecular weight excluding hydrogens is 442 g/mol. The second-order valence-corrected chi connectivity index (χ2v) is 9.58. The molecular formula is C21H22F2N4O4S. The molecule has 0 bridgehead atoms. The highest BCUT2D eigenvalue weighted by molar-refractivity contribution is 7.89. The Morgan fingerprint density at radius 3 is 2.34 bits per heavy atom. The summed E-state index contributed by atoms with van der Waals surface area (Å²) in [6.45, 7) is 1.21. The Labute approximate surface area is 184 Å². The van der Waals surface area contributed by atoms with Gasteiger partial charge in [0.05, 0.1) is 0 Å². The molecule has 170 valence electrons. The number of benzene rings is 2. The van der Waals surface area contributed by atoms with Crippen LogP contribution in [0.25, 0.3) is 0 Å². The standard InChI is InChI=1S/C21H22F2N4O4S/c22-15-1-6-18(23)19(13-15)32(30,31)26-10-7-14(8-11-26)20(28)25-16-2-4-17(5-3-16)27-12-9-24-21(27)29/h1-6,13-14H,7-12H2,(H,24,29)(H,25,28). The monoisotopic (exact) mass is 464 g/mol. The van der Waals surface area contributed by atoms with Gasteiger partial charge in [-0.15, -0.1) is 0 Å². The molecule has 8 nitrogen and oxygen atoms in total. The molecule has 2 heterocycles. The van der Waals surface area contributed by atoms with Crippen molar-refractivity contribution in [2.75, 3.05) is 36.4 Å².